The zero-order valence-electron chi connectivity index (χ0n) is 14.2. The lowest BCUT2D eigenvalue weighted by Crippen LogP contribution is -2.46. The first-order valence-corrected chi connectivity index (χ1v) is 8.23. The van der Waals surface area contributed by atoms with Crippen LogP contribution in [0, 0.1) is 5.92 Å². The molecular formula is C17H22ClN3O3. The molecule has 1 fully saturated rings. The van der Waals surface area contributed by atoms with Crippen molar-refractivity contribution in [3.63, 3.8) is 0 Å². The summed E-state index contributed by atoms with van der Waals surface area (Å²) in [5.41, 5.74) is -0.775. The van der Waals surface area contributed by atoms with Crippen molar-refractivity contribution in [3.05, 3.63) is 34.9 Å². The third-order valence-electron chi connectivity index (χ3n) is 4.38. The minimum atomic E-state index is -1.28. The van der Waals surface area contributed by atoms with Crippen molar-refractivity contribution >= 4 is 29.4 Å². The van der Waals surface area contributed by atoms with Crippen molar-refractivity contribution in [3.8, 4) is 0 Å². The molecule has 0 spiro atoms. The Hall–Kier alpha value is -2.08. The number of benzene rings is 1. The third kappa shape index (κ3) is 3.38. The molecule has 7 heteroatoms. The van der Waals surface area contributed by atoms with Crippen LogP contribution in [0.3, 0.4) is 0 Å². The van der Waals surface area contributed by atoms with E-state index in [1.165, 1.54) is 0 Å². The predicted octanol–water partition coefficient (Wildman–Crippen LogP) is 2.27. The Balaban J connectivity index is 2.17. The van der Waals surface area contributed by atoms with Crippen LogP contribution in [0.25, 0.3) is 0 Å². The van der Waals surface area contributed by atoms with Crippen LogP contribution in [-0.4, -0.2) is 35.3 Å². The molecule has 2 N–H and O–H groups in total. The molecule has 1 heterocycles. The van der Waals surface area contributed by atoms with Gasteiger partial charge in [-0.3, -0.25) is 14.5 Å². The maximum atomic E-state index is 12.7. The van der Waals surface area contributed by atoms with E-state index in [2.05, 4.69) is 10.6 Å². The molecule has 0 aliphatic carbocycles. The molecule has 2 atom stereocenters. The molecule has 24 heavy (non-hydrogen) atoms. The van der Waals surface area contributed by atoms with Crippen LogP contribution in [-0.2, 0) is 15.1 Å². The van der Waals surface area contributed by atoms with Gasteiger partial charge in [0.25, 0.3) is 5.91 Å². The van der Waals surface area contributed by atoms with Gasteiger partial charge < -0.3 is 10.6 Å². The molecule has 4 amide bonds. The second kappa shape index (κ2) is 6.81. The molecule has 0 radical (unpaired) electrons. The van der Waals surface area contributed by atoms with E-state index in [-0.39, 0.29) is 24.4 Å². The Morgan fingerprint density at radius 3 is 2.50 bits per heavy atom. The van der Waals surface area contributed by atoms with Crippen LogP contribution in [0.15, 0.2) is 24.3 Å². The first kappa shape index (κ1) is 18.3. The van der Waals surface area contributed by atoms with Gasteiger partial charge in [-0.05, 0) is 25.8 Å². The molecule has 0 bridgehead atoms. The number of hydrogen-bond donors (Lipinski definition) is 2. The second-order valence-electron chi connectivity index (χ2n) is 6.53. The summed E-state index contributed by atoms with van der Waals surface area (Å²) in [7, 11) is 0. The molecule has 0 unspecified atom stereocenters. The van der Waals surface area contributed by atoms with Gasteiger partial charge in [-0.2, -0.15) is 0 Å². The number of hydrogen-bond acceptors (Lipinski definition) is 3. The Bertz CT molecular complexity index is 677. The average Bonchev–Trinajstić information content (AvgIpc) is 2.71. The summed E-state index contributed by atoms with van der Waals surface area (Å²) >= 11 is 6.16. The Kier molecular flexibility index (Phi) is 5.18. The number of amides is 4. The molecule has 0 saturated carbocycles. The van der Waals surface area contributed by atoms with Gasteiger partial charge >= 0.3 is 6.03 Å². The third-order valence-corrected chi connectivity index (χ3v) is 4.71. The number of urea groups is 1. The Labute approximate surface area is 146 Å². The molecule has 130 valence electrons. The molecule has 1 aromatic rings. The van der Waals surface area contributed by atoms with Gasteiger partial charge in [0, 0.05) is 16.6 Å². The molecule has 1 aliphatic rings. The summed E-state index contributed by atoms with van der Waals surface area (Å²) < 4.78 is 0. The standard InChI is InChI=1S/C17H22ClN3O3/c1-10(2)11(3)19-14(22)9-21-15(23)17(4,20-16(21)24)12-7-5-6-8-13(12)18/h5-8,10-11H,9H2,1-4H3,(H,19,22)(H,20,24)/t11-,17-/m0/s1. The van der Waals surface area contributed by atoms with E-state index in [1.807, 2.05) is 20.8 Å². The van der Waals surface area contributed by atoms with Crippen molar-refractivity contribution in [2.24, 2.45) is 5.92 Å². The lowest BCUT2D eigenvalue weighted by molar-refractivity contribution is -0.135. The van der Waals surface area contributed by atoms with E-state index in [4.69, 9.17) is 11.6 Å². The summed E-state index contributed by atoms with van der Waals surface area (Å²) in [6.07, 6.45) is 0. The van der Waals surface area contributed by atoms with E-state index in [0.717, 1.165) is 4.90 Å². The van der Waals surface area contributed by atoms with Crippen molar-refractivity contribution < 1.29 is 14.4 Å². The van der Waals surface area contributed by atoms with E-state index in [0.29, 0.717) is 10.6 Å². The Morgan fingerprint density at radius 2 is 1.92 bits per heavy atom. The highest BCUT2D eigenvalue weighted by atomic mass is 35.5. The van der Waals surface area contributed by atoms with E-state index in [9.17, 15) is 14.4 Å². The van der Waals surface area contributed by atoms with E-state index < -0.39 is 17.5 Å². The molecule has 1 aliphatic heterocycles. The molecule has 6 nitrogen and oxygen atoms in total. The quantitative estimate of drug-likeness (QED) is 0.799. The van der Waals surface area contributed by atoms with E-state index >= 15 is 0 Å². The normalized spacial score (nSPS) is 21.8. The van der Waals surface area contributed by atoms with Crippen LogP contribution in [0.2, 0.25) is 5.02 Å². The zero-order chi connectivity index (χ0) is 18.1. The highest BCUT2D eigenvalue weighted by molar-refractivity contribution is 6.32. The second-order valence-corrected chi connectivity index (χ2v) is 6.93. The van der Waals surface area contributed by atoms with Gasteiger partial charge in [0.15, 0.2) is 0 Å². The summed E-state index contributed by atoms with van der Waals surface area (Å²) in [6.45, 7) is 7.10. The smallest absolute Gasteiger partial charge is 0.325 e. The number of nitrogens with zero attached hydrogens (tertiary/aromatic N) is 1. The molecular weight excluding hydrogens is 330 g/mol. The minimum Gasteiger partial charge on any atom is -0.352 e. The number of carbonyl (C=O) groups is 3. The van der Waals surface area contributed by atoms with Crippen LogP contribution in [0.4, 0.5) is 4.79 Å². The topological polar surface area (TPSA) is 78.5 Å². The van der Waals surface area contributed by atoms with Crippen LogP contribution in [0.1, 0.15) is 33.3 Å². The summed E-state index contributed by atoms with van der Waals surface area (Å²) in [6, 6.07) is 6.18. The summed E-state index contributed by atoms with van der Waals surface area (Å²) in [4.78, 5) is 38.0. The monoisotopic (exact) mass is 351 g/mol. The minimum absolute atomic E-state index is 0.0479. The zero-order valence-corrected chi connectivity index (χ0v) is 15.0. The first-order chi connectivity index (χ1) is 11.2. The highest BCUT2D eigenvalue weighted by Gasteiger charge is 2.50. The molecule has 1 aromatic carbocycles. The lowest BCUT2D eigenvalue weighted by Gasteiger charge is -2.23. The van der Waals surface area contributed by atoms with Gasteiger partial charge in [-0.1, -0.05) is 43.6 Å². The van der Waals surface area contributed by atoms with E-state index in [1.54, 1.807) is 31.2 Å². The first-order valence-electron chi connectivity index (χ1n) is 7.85. The maximum absolute atomic E-state index is 12.7. The fourth-order valence-electron chi connectivity index (χ4n) is 2.50. The van der Waals surface area contributed by atoms with Crippen molar-refractivity contribution in [1.82, 2.24) is 15.5 Å². The summed E-state index contributed by atoms with van der Waals surface area (Å²) in [5.74, 6) is -0.610. The van der Waals surface area contributed by atoms with Crippen molar-refractivity contribution in [2.45, 2.75) is 39.3 Å². The van der Waals surface area contributed by atoms with Crippen molar-refractivity contribution in [1.29, 1.82) is 0 Å². The van der Waals surface area contributed by atoms with Gasteiger partial charge in [0.1, 0.15) is 12.1 Å². The summed E-state index contributed by atoms with van der Waals surface area (Å²) in [5, 5.41) is 5.81. The van der Waals surface area contributed by atoms with Gasteiger partial charge in [0.05, 0.1) is 0 Å². The maximum Gasteiger partial charge on any atom is 0.325 e. The van der Waals surface area contributed by atoms with Crippen molar-refractivity contribution in [2.75, 3.05) is 6.54 Å². The van der Waals surface area contributed by atoms with Crippen LogP contribution >= 0.6 is 11.6 Å². The van der Waals surface area contributed by atoms with Gasteiger partial charge in [0.2, 0.25) is 5.91 Å². The number of carbonyl (C=O) groups excluding carboxylic acids is 3. The number of imide groups is 1. The largest absolute Gasteiger partial charge is 0.352 e. The number of halogens is 1. The van der Waals surface area contributed by atoms with Gasteiger partial charge in [-0.15, -0.1) is 0 Å². The predicted molar refractivity (Wildman–Crippen MR) is 91.5 cm³/mol. The average molecular weight is 352 g/mol. The number of rotatable bonds is 5. The lowest BCUT2D eigenvalue weighted by atomic mass is 9.92. The van der Waals surface area contributed by atoms with Crippen LogP contribution < -0.4 is 10.6 Å². The molecule has 1 saturated heterocycles. The molecule has 0 aromatic heterocycles. The van der Waals surface area contributed by atoms with Gasteiger partial charge in [-0.25, -0.2) is 4.79 Å². The van der Waals surface area contributed by atoms with Crippen LogP contribution in [0.5, 0.6) is 0 Å². The SMILES string of the molecule is CC(C)[C@H](C)NC(=O)CN1C(=O)N[C@@](C)(c2ccccc2Cl)C1=O. The Morgan fingerprint density at radius 1 is 1.29 bits per heavy atom. The number of nitrogens with one attached hydrogen (secondary N) is 2. The fourth-order valence-corrected chi connectivity index (χ4v) is 2.82. The molecule has 2 rings (SSSR count). The fraction of sp³-hybridized carbons (Fsp3) is 0.471. The highest BCUT2D eigenvalue weighted by Crippen LogP contribution is 2.33.